The van der Waals surface area contributed by atoms with Gasteiger partial charge in [0.1, 0.15) is 6.33 Å². The van der Waals surface area contributed by atoms with E-state index in [1.165, 1.54) is 0 Å². The molecule has 0 bridgehead atoms. The number of carbonyl (C=O) groups excluding carboxylic acids is 1. The Morgan fingerprint density at radius 1 is 1.22 bits per heavy atom. The Hall–Kier alpha value is -1.57. The molecule has 126 valence electrons. The maximum atomic E-state index is 12.6. The van der Waals surface area contributed by atoms with Crippen LogP contribution in [0.4, 0.5) is 0 Å². The van der Waals surface area contributed by atoms with Crippen molar-refractivity contribution < 1.29 is 14.3 Å². The monoisotopic (exact) mass is 320 g/mol. The summed E-state index contributed by atoms with van der Waals surface area (Å²) in [6, 6.07) is 1.92. The number of amides is 1. The first-order valence-electron chi connectivity index (χ1n) is 8.22. The van der Waals surface area contributed by atoms with Crippen LogP contribution in [0, 0.1) is 5.92 Å². The van der Waals surface area contributed by atoms with Crippen molar-refractivity contribution in [1.82, 2.24) is 19.8 Å². The first-order valence-corrected chi connectivity index (χ1v) is 8.22. The van der Waals surface area contributed by atoms with E-state index in [0.29, 0.717) is 39.5 Å². The lowest BCUT2D eigenvalue weighted by atomic mass is 10.0. The summed E-state index contributed by atoms with van der Waals surface area (Å²) in [5.41, 5.74) is 0.996. The SMILES string of the molecule is O=C(CN1CCOCC1)N1CCOCC(Cc2ccncn2)C1. The van der Waals surface area contributed by atoms with Crippen LogP contribution < -0.4 is 0 Å². The van der Waals surface area contributed by atoms with Gasteiger partial charge in [-0.15, -0.1) is 0 Å². The van der Waals surface area contributed by atoms with Crippen LogP contribution in [0.3, 0.4) is 0 Å². The summed E-state index contributed by atoms with van der Waals surface area (Å²) in [7, 11) is 0. The van der Waals surface area contributed by atoms with Crippen molar-refractivity contribution in [2.45, 2.75) is 6.42 Å². The van der Waals surface area contributed by atoms with Crippen molar-refractivity contribution in [3.63, 3.8) is 0 Å². The molecule has 7 heteroatoms. The van der Waals surface area contributed by atoms with Crippen LogP contribution in [-0.2, 0) is 20.7 Å². The number of aromatic nitrogens is 2. The molecular formula is C16H24N4O3. The third kappa shape index (κ3) is 4.95. The molecule has 1 unspecified atom stereocenters. The molecule has 2 saturated heterocycles. The Kier molecular flexibility index (Phi) is 5.90. The predicted octanol–water partition coefficient (Wildman–Crippen LogP) is -0.174. The van der Waals surface area contributed by atoms with E-state index < -0.39 is 0 Å². The van der Waals surface area contributed by atoms with Gasteiger partial charge < -0.3 is 14.4 Å². The van der Waals surface area contributed by atoms with Crippen molar-refractivity contribution >= 4 is 5.91 Å². The summed E-state index contributed by atoms with van der Waals surface area (Å²) >= 11 is 0. The third-order valence-corrected chi connectivity index (χ3v) is 4.29. The maximum Gasteiger partial charge on any atom is 0.236 e. The molecule has 0 aliphatic carbocycles. The number of rotatable bonds is 4. The molecule has 3 rings (SSSR count). The molecule has 1 amide bonds. The lowest BCUT2D eigenvalue weighted by Gasteiger charge is -2.29. The van der Waals surface area contributed by atoms with Gasteiger partial charge in [0.05, 0.1) is 33.0 Å². The van der Waals surface area contributed by atoms with Crippen LogP contribution in [0.15, 0.2) is 18.6 Å². The lowest BCUT2D eigenvalue weighted by molar-refractivity contribution is -0.133. The summed E-state index contributed by atoms with van der Waals surface area (Å²) in [5, 5.41) is 0. The second kappa shape index (κ2) is 8.33. The van der Waals surface area contributed by atoms with Gasteiger partial charge in [0.25, 0.3) is 0 Å². The predicted molar refractivity (Wildman–Crippen MR) is 83.9 cm³/mol. The summed E-state index contributed by atoms with van der Waals surface area (Å²) < 4.78 is 11.0. The molecule has 2 aliphatic rings. The molecule has 0 N–H and O–H groups in total. The highest BCUT2D eigenvalue weighted by Crippen LogP contribution is 2.13. The van der Waals surface area contributed by atoms with Gasteiger partial charge in [-0.3, -0.25) is 9.69 Å². The Morgan fingerprint density at radius 2 is 2.04 bits per heavy atom. The lowest BCUT2D eigenvalue weighted by Crippen LogP contribution is -2.46. The van der Waals surface area contributed by atoms with Gasteiger partial charge in [0.2, 0.25) is 5.91 Å². The number of nitrogens with zero attached hydrogens (tertiary/aromatic N) is 4. The zero-order chi connectivity index (χ0) is 15.9. The van der Waals surface area contributed by atoms with Gasteiger partial charge in [0, 0.05) is 44.0 Å². The normalized spacial score (nSPS) is 23.5. The zero-order valence-corrected chi connectivity index (χ0v) is 13.4. The molecule has 0 aromatic carbocycles. The van der Waals surface area contributed by atoms with E-state index in [-0.39, 0.29) is 11.8 Å². The standard InChI is InChI=1S/C16H24N4O3/c21-16(11-19-3-6-22-7-4-19)20-5-8-23-12-14(10-20)9-15-1-2-17-13-18-15/h1-2,13-14H,3-12H2. The maximum absolute atomic E-state index is 12.6. The van der Waals surface area contributed by atoms with Crippen LogP contribution >= 0.6 is 0 Å². The molecular weight excluding hydrogens is 296 g/mol. The number of ether oxygens (including phenoxy) is 2. The number of carbonyl (C=O) groups is 1. The first kappa shape index (κ1) is 16.3. The van der Waals surface area contributed by atoms with E-state index in [1.54, 1.807) is 12.5 Å². The van der Waals surface area contributed by atoms with Crippen molar-refractivity contribution in [2.75, 3.05) is 59.2 Å². The fourth-order valence-corrected chi connectivity index (χ4v) is 3.02. The number of hydrogen-bond donors (Lipinski definition) is 0. The van der Waals surface area contributed by atoms with Crippen molar-refractivity contribution in [3.8, 4) is 0 Å². The highest BCUT2D eigenvalue weighted by atomic mass is 16.5. The van der Waals surface area contributed by atoms with E-state index in [2.05, 4.69) is 14.9 Å². The summed E-state index contributed by atoms with van der Waals surface area (Å²) in [5.74, 6) is 0.464. The van der Waals surface area contributed by atoms with Crippen molar-refractivity contribution in [2.24, 2.45) is 5.92 Å². The Labute approximate surface area is 136 Å². The van der Waals surface area contributed by atoms with Crippen LogP contribution in [0.2, 0.25) is 0 Å². The van der Waals surface area contributed by atoms with Crippen molar-refractivity contribution in [3.05, 3.63) is 24.3 Å². The molecule has 1 aromatic heterocycles. The van der Waals surface area contributed by atoms with Crippen LogP contribution in [0.25, 0.3) is 0 Å². The minimum atomic E-state index is 0.185. The third-order valence-electron chi connectivity index (χ3n) is 4.29. The van der Waals surface area contributed by atoms with Crippen LogP contribution in [-0.4, -0.2) is 84.8 Å². The molecule has 1 atom stereocenters. The Morgan fingerprint density at radius 3 is 2.83 bits per heavy atom. The summed E-state index contributed by atoms with van der Waals surface area (Å²) in [6.07, 6.45) is 4.12. The Balaban J connectivity index is 1.54. The minimum absolute atomic E-state index is 0.185. The fraction of sp³-hybridized carbons (Fsp3) is 0.688. The molecule has 7 nitrogen and oxygen atoms in total. The molecule has 2 aliphatic heterocycles. The zero-order valence-electron chi connectivity index (χ0n) is 13.4. The second-order valence-electron chi connectivity index (χ2n) is 6.07. The molecule has 0 radical (unpaired) electrons. The quantitative estimate of drug-likeness (QED) is 0.767. The largest absolute Gasteiger partial charge is 0.379 e. The highest BCUT2D eigenvalue weighted by molar-refractivity contribution is 5.78. The average Bonchev–Trinajstić information content (AvgIpc) is 2.82. The van der Waals surface area contributed by atoms with E-state index >= 15 is 0 Å². The van der Waals surface area contributed by atoms with Gasteiger partial charge in [-0.05, 0) is 12.5 Å². The second-order valence-corrected chi connectivity index (χ2v) is 6.07. The molecule has 0 saturated carbocycles. The smallest absolute Gasteiger partial charge is 0.236 e. The van der Waals surface area contributed by atoms with Gasteiger partial charge in [0.15, 0.2) is 0 Å². The van der Waals surface area contributed by atoms with E-state index in [9.17, 15) is 4.79 Å². The molecule has 0 spiro atoms. The van der Waals surface area contributed by atoms with Crippen LogP contribution in [0.5, 0.6) is 0 Å². The molecule has 23 heavy (non-hydrogen) atoms. The fourth-order valence-electron chi connectivity index (χ4n) is 3.02. The minimum Gasteiger partial charge on any atom is -0.379 e. The van der Waals surface area contributed by atoms with Gasteiger partial charge in [-0.2, -0.15) is 0 Å². The molecule has 1 aromatic rings. The number of hydrogen-bond acceptors (Lipinski definition) is 6. The van der Waals surface area contributed by atoms with E-state index in [4.69, 9.17) is 9.47 Å². The highest BCUT2D eigenvalue weighted by Gasteiger charge is 2.24. The molecule has 3 heterocycles. The van der Waals surface area contributed by atoms with Gasteiger partial charge in [-0.1, -0.05) is 0 Å². The topological polar surface area (TPSA) is 67.8 Å². The molecule has 2 fully saturated rings. The summed E-state index contributed by atoms with van der Waals surface area (Å²) in [6.45, 7) is 6.25. The van der Waals surface area contributed by atoms with Gasteiger partial charge >= 0.3 is 0 Å². The van der Waals surface area contributed by atoms with Gasteiger partial charge in [-0.25, -0.2) is 9.97 Å². The average molecular weight is 320 g/mol. The first-order chi connectivity index (χ1) is 11.3. The Bertz CT molecular complexity index is 493. The van der Waals surface area contributed by atoms with Crippen molar-refractivity contribution in [1.29, 1.82) is 0 Å². The van der Waals surface area contributed by atoms with E-state index in [1.807, 2.05) is 11.0 Å². The van der Waals surface area contributed by atoms with Crippen LogP contribution in [0.1, 0.15) is 5.69 Å². The summed E-state index contributed by atoms with van der Waals surface area (Å²) in [4.78, 5) is 24.9. The number of morpholine rings is 1. The van der Waals surface area contributed by atoms with E-state index in [0.717, 1.165) is 31.7 Å².